The molecule has 0 heteroatoms. The largest absolute Gasteiger partial charge is 0.0654 e. The van der Waals surface area contributed by atoms with Gasteiger partial charge in [-0.1, -0.05) is 287 Å². The second kappa shape index (κ2) is 20.3. The molecule has 16 rings (SSSR count). The molecule has 0 aromatic heterocycles. The molecule has 0 amide bonds. The molecule has 0 saturated heterocycles. The Balaban J connectivity index is 0.721. The lowest BCUT2D eigenvalue weighted by Crippen LogP contribution is -2.15. The van der Waals surface area contributed by atoms with E-state index in [1.807, 2.05) is 0 Å². The van der Waals surface area contributed by atoms with Gasteiger partial charge in [0.25, 0.3) is 0 Å². The summed E-state index contributed by atoms with van der Waals surface area (Å²) in [6.45, 7) is 16.8. The molecule has 0 atom stereocenters. The van der Waals surface area contributed by atoms with Crippen LogP contribution in [-0.2, 0) is 22.7 Å². The van der Waals surface area contributed by atoms with Crippen molar-refractivity contribution in [3.05, 3.63) is 276 Å². The monoisotopic (exact) mass is 1120 g/mol. The van der Waals surface area contributed by atoms with Crippen LogP contribution in [0.15, 0.2) is 237 Å². The Morgan fingerprint density at radius 1 is 0.230 bits per heavy atom. The Bertz CT molecular complexity index is 4860. The van der Waals surface area contributed by atoms with Crippen LogP contribution in [0.5, 0.6) is 0 Å². The number of hydrogen-bond donors (Lipinski definition) is 0. The summed E-state index contributed by atoms with van der Waals surface area (Å²) in [6, 6.07) is 91.4. The molecule has 0 nitrogen and oxygen atoms in total. The molecular formula is C87H74. The lowest BCUT2D eigenvalue weighted by atomic mass is 9.79. The summed E-state index contributed by atoms with van der Waals surface area (Å²) in [7, 11) is 0. The lowest BCUT2D eigenvalue weighted by Gasteiger charge is -2.24. The summed E-state index contributed by atoms with van der Waals surface area (Å²) in [4.78, 5) is 0. The molecule has 0 spiro atoms. The fourth-order valence-electron chi connectivity index (χ4n) is 16.5. The van der Waals surface area contributed by atoms with Crippen LogP contribution in [0.25, 0.3) is 132 Å². The van der Waals surface area contributed by atoms with Gasteiger partial charge in [-0.25, -0.2) is 0 Å². The molecule has 13 aromatic rings. The topological polar surface area (TPSA) is 0 Å². The predicted octanol–water partition coefficient (Wildman–Crippen LogP) is 24.5. The number of rotatable bonds is 12. The van der Waals surface area contributed by atoms with E-state index < -0.39 is 0 Å². The van der Waals surface area contributed by atoms with Gasteiger partial charge in [0.1, 0.15) is 0 Å². The van der Waals surface area contributed by atoms with Gasteiger partial charge in [-0.15, -0.1) is 0 Å². The highest BCUT2D eigenvalue weighted by Crippen LogP contribution is 2.56. The summed E-state index contributed by atoms with van der Waals surface area (Å²) in [6.07, 6.45) is 9.09. The maximum absolute atomic E-state index is 2.53. The fraction of sp³-hybridized carbons (Fsp3) is 0.195. The Labute approximate surface area is 514 Å². The first-order chi connectivity index (χ1) is 42.4. The third-order valence-corrected chi connectivity index (χ3v) is 21.1. The number of unbranched alkanes of at least 4 members (excludes halogenated alkanes) is 5. The zero-order valence-corrected chi connectivity index (χ0v) is 51.5. The Kier molecular flexibility index (Phi) is 12.4. The smallest absolute Gasteiger partial charge is 0.0159 e. The highest BCUT2D eigenvalue weighted by Gasteiger charge is 2.39. The molecular weight excluding hydrogens is 1040 g/mol. The standard InChI is InChI=1S/C87H74/c1-8-9-10-11-12-13-24-54-35-37-55(38-36-54)81-67-26-14-16-28-69(67)82(70-29-17-15-27-68(70)81)59-42-47-65-63-44-39-56(49-76(63)86(4,5)79(65)52-59)57-40-45-64-66-48-43-60(53-80(66)87(6,7)77(64)50-57)84-73-32-20-18-30-71(73)83(72-31-19-21-33-74(72)84)58-41-46-62-61-25-22-23-34-75(61)85(2,3)78(62)51-58/h14-23,25-53H,8-13,24H2,1-7H3. The van der Waals surface area contributed by atoms with Crippen LogP contribution in [0.2, 0.25) is 0 Å². The molecule has 422 valence electrons. The van der Waals surface area contributed by atoms with E-state index in [0.29, 0.717) is 0 Å². The van der Waals surface area contributed by atoms with E-state index in [2.05, 4.69) is 285 Å². The molecule has 0 fully saturated rings. The number of aryl methyl sites for hydroxylation is 1. The van der Waals surface area contributed by atoms with Gasteiger partial charge >= 0.3 is 0 Å². The molecule has 3 aliphatic rings. The second-order valence-corrected chi connectivity index (χ2v) is 27.1. The van der Waals surface area contributed by atoms with Gasteiger partial charge in [-0.2, -0.15) is 0 Å². The molecule has 87 heavy (non-hydrogen) atoms. The van der Waals surface area contributed by atoms with Gasteiger partial charge in [0, 0.05) is 16.2 Å². The van der Waals surface area contributed by atoms with Crippen molar-refractivity contribution in [2.45, 2.75) is 110 Å². The third kappa shape index (κ3) is 8.23. The molecule has 0 unspecified atom stereocenters. The van der Waals surface area contributed by atoms with Gasteiger partial charge in [-0.05, 0) is 214 Å². The van der Waals surface area contributed by atoms with Crippen LogP contribution < -0.4 is 0 Å². The molecule has 0 bridgehead atoms. The van der Waals surface area contributed by atoms with Gasteiger partial charge < -0.3 is 0 Å². The van der Waals surface area contributed by atoms with Crippen molar-refractivity contribution in [1.82, 2.24) is 0 Å². The average molecular weight is 1120 g/mol. The highest BCUT2D eigenvalue weighted by molar-refractivity contribution is 6.23. The molecule has 0 N–H and O–H groups in total. The van der Waals surface area contributed by atoms with Crippen molar-refractivity contribution >= 4 is 43.1 Å². The van der Waals surface area contributed by atoms with Crippen LogP contribution in [-0.4, -0.2) is 0 Å². The van der Waals surface area contributed by atoms with Gasteiger partial charge in [0.2, 0.25) is 0 Å². The van der Waals surface area contributed by atoms with Crippen molar-refractivity contribution < 1.29 is 0 Å². The zero-order valence-electron chi connectivity index (χ0n) is 51.5. The normalized spacial score (nSPS) is 14.5. The van der Waals surface area contributed by atoms with Crippen LogP contribution in [0, 0.1) is 0 Å². The quantitative estimate of drug-likeness (QED) is 0.0845. The van der Waals surface area contributed by atoms with Gasteiger partial charge in [0.05, 0.1) is 0 Å². The van der Waals surface area contributed by atoms with Crippen LogP contribution >= 0.6 is 0 Å². The Morgan fingerprint density at radius 2 is 0.494 bits per heavy atom. The van der Waals surface area contributed by atoms with Crippen LogP contribution in [0.3, 0.4) is 0 Å². The molecule has 0 radical (unpaired) electrons. The summed E-state index contributed by atoms with van der Waals surface area (Å²) in [5, 5.41) is 10.4. The Morgan fingerprint density at radius 3 is 0.862 bits per heavy atom. The van der Waals surface area contributed by atoms with Crippen molar-refractivity contribution in [2.75, 3.05) is 0 Å². The molecule has 3 aliphatic carbocycles. The molecule has 13 aromatic carbocycles. The predicted molar refractivity (Wildman–Crippen MR) is 373 cm³/mol. The first kappa shape index (κ1) is 53.4. The maximum atomic E-state index is 2.53. The van der Waals surface area contributed by atoms with Crippen LogP contribution in [0.1, 0.15) is 126 Å². The number of hydrogen-bond acceptors (Lipinski definition) is 0. The van der Waals surface area contributed by atoms with Crippen LogP contribution in [0.4, 0.5) is 0 Å². The number of fused-ring (bicyclic) bond motifs is 13. The zero-order chi connectivity index (χ0) is 58.9. The molecule has 0 aliphatic heterocycles. The minimum Gasteiger partial charge on any atom is -0.0654 e. The lowest BCUT2D eigenvalue weighted by molar-refractivity contribution is 0.607. The highest BCUT2D eigenvalue weighted by atomic mass is 14.4. The molecule has 0 saturated carbocycles. The fourth-order valence-corrected chi connectivity index (χ4v) is 16.5. The van der Waals surface area contributed by atoms with E-state index in [1.54, 1.807) is 0 Å². The van der Waals surface area contributed by atoms with Crippen molar-refractivity contribution in [2.24, 2.45) is 0 Å². The Hall–Kier alpha value is -9.10. The molecule has 0 heterocycles. The van der Waals surface area contributed by atoms with E-state index in [4.69, 9.17) is 0 Å². The minimum atomic E-state index is -0.218. The second-order valence-electron chi connectivity index (χ2n) is 27.1. The van der Waals surface area contributed by atoms with E-state index in [-0.39, 0.29) is 16.2 Å². The van der Waals surface area contributed by atoms with Gasteiger partial charge in [-0.3, -0.25) is 0 Å². The van der Waals surface area contributed by atoms with Crippen molar-refractivity contribution in [1.29, 1.82) is 0 Å². The number of benzene rings is 13. The van der Waals surface area contributed by atoms with E-state index in [9.17, 15) is 0 Å². The average Bonchev–Trinajstić information content (AvgIpc) is 1.77. The first-order valence-electron chi connectivity index (χ1n) is 32.2. The summed E-state index contributed by atoms with van der Waals surface area (Å²) >= 11 is 0. The van der Waals surface area contributed by atoms with Crippen molar-refractivity contribution in [3.8, 4) is 89.0 Å². The van der Waals surface area contributed by atoms with E-state index in [0.717, 1.165) is 6.42 Å². The third-order valence-electron chi connectivity index (χ3n) is 21.1. The SMILES string of the molecule is CCCCCCCCc1ccc(-c2c3ccccc3c(-c3ccc4c(c3)C(C)(C)c3cc(-c5ccc6c(c5)C(C)(C)c5cc(-c7c8ccccc8c(-c8ccc9c(c8)C(C)(C)c8ccccc8-9)c8ccccc78)ccc5-6)ccc3-4)c3ccccc23)cc1. The summed E-state index contributed by atoms with van der Waals surface area (Å²) in [5.74, 6) is 0. The maximum Gasteiger partial charge on any atom is 0.0159 e. The minimum absolute atomic E-state index is 0.0810. The van der Waals surface area contributed by atoms with E-state index >= 15 is 0 Å². The first-order valence-corrected chi connectivity index (χ1v) is 32.2. The van der Waals surface area contributed by atoms with Gasteiger partial charge in [0.15, 0.2) is 0 Å². The van der Waals surface area contributed by atoms with E-state index in [1.165, 1.54) is 210 Å². The van der Waals surface area contributed by atoms with Crippen molar-refractivity contribution in [3.63, 3.8) is 0 Å². The summed E-state index contributed by atoms with van der Waals surface area (Å²) in [5.41, 5.74) is 30.2. The summed E-state index contributed by atoms with van der Waals surface area (Å²) < 4.78 is 0.